The van der Waals surface area contributed by atoms with Crippen molar-refractivity contribution in [1.82, 2.24) is 10.2 Å². The van der Waals surface area contributed by atoms with Gasteiger partial charge in [0.05, 0.1) is 0 Å². The fourth-order valence-electron chi connectivity index (χ4n) is 2.60. The number of hydrogen-bond donors (Lipinski definition) is 0. The van der Waals surface area contributed by atoms with Crippen molar-refractivity contribution in [1.29, 1.82) is 0 Å². The van der Waals surface area contributed by atoms with Gasteiger partial charge in [0.2, 0.25) is 5.89 Å². The quantitative estimate of drug-likeness (QED) is 0.666. The van der Waals surface area contributed by atoms with E-state index in [1.54, 1.807) is 0 Å². The Morgan fingerprint density at radius 2 is 1.81 bits per heavy atom. The summed E-state index contributed by atoms with van der Waals surface area (Å²) in [4.78, 5) is 0. The molecule has 0 N–H and O–H groups in total. The van der Waals surface area contributed by atoms with Crippen LogP contribution in [0.1, 0.15) is 49.5 Å². The first-order valence-electron chi connectivity index (χ1n) is 7.13. The molecule has 3 nitrogen and oxygen atoms in total. The van der Waals surface area contributed by atoms with Gasteiger partial charge in [0, 0.05) is 21.7 Å². The van der Waals surface area contributed by atoms with E-state index < -0.39 is 0 Å². The molecule has 0 spiro atoms. The van der Waals surface area contributed by atoms with Crippen molar-refractivity contribution in [2.75, 3.05) is 0 Å². The normalized spacial score (nSPS) is 16.3. The minimum absolute atomic E-state index is 0.435. The predicted molar refractivity (Wildman–Crippen MR) is 86.1 cm³/mol. The number of halogens is 2. The van der Waals surface area contributed by atoms with E-state index in [4.69, 9.17) is 27.6 Å². The highest BCUT2D eigenvalue weighted by Gasteiger charge is 2.21. The van der Waals surface area contributed by atoms with E-state index in [1.807, 2.05) is 18.2 Å². The average molecular weight is 343 g/mol. The average Bonchev–Trinajstić information content (AvgIpc) is 2.97. The molecule has 0 aliphatic heterocycles. The van der Waals surface area contributed by atoms with Crippen molar-refractivity contribution in [3.05, 3.63) is 39.7 Å². The van der Waals surface area contributed by atoms with E-state index in [0.29, 0.717) is 26.9 Å². The van der Waals surface area contributed by atoms with Gasteiger partial charge < -0.3 is 4.42 Å². The molecular formula is C15H16Cl2N2OS. The lowest BCUT2D eigenvalue weighted by molar-refractivity contribution is 0.334. The van der Waals surface area contributed by atoms with Crippen LogP contribution in [0.5, 0.6) is 0 Å². The zero-order valence-electron chi connectivity index (χ0n) is 11.5. The van der Waals surface area contributed by atoms with Crippen LogP contribution in [0.25, 0.3) is 0 Å². The van der Waals surface area contributed by atoms with Crippen molar-refractivity contribution in [3.8, 4) is 0 Å². The number of nitrogens with zero attached hydrogens (tertiary/aromatic N) is 2. The lowest BCUT2D eigenvalue weighted by Crippen LogP contribution is -2.04. The smallest absolute Gasteiger partial charge is 0.276 e. The van der Waals surface area contributed by atoms with Gasteiger partial charge in [-0.05, 0) is 30.5 Å². The molecule has 1 aliphatic carbocycles. The van der Waals surface area contributed by atoms with Gasteiger partial charge >= 0.3 is 0 Å². The molecular weight excluding hydrogens is 327 g/mol. The monoisotopic (exact) mass is 342 g/mol. The Labute approximate surface area is 138 Å². The van der Waals surface area contributed by atoms with Crippen molar-refractivity contribution < 1.29 is 4.42 Å². The third-order valence-corrected chi connectivity index (χ3v) is 5.33. The molecule has 21 heavy (non-hydrogen) atoms. The minimum atomic E-state index is 0.435. The summed E-state index contributed by atoms with van der Waals surface area (Å²) in [7, 11) is 0. The van der Waals surface area contributed by atoms with E-state index in [9.17, 15) is 0 Å². The lowest BCUT2D eigenvalue weighted by atomic mass is 9.89. The van der Waals surface area contributed by atoms with Crippen LogP contribution in [0.2, 0.25) is 10.0 Å². The van der Waals surface area contributed by atoms with Gasteiger partial charge in [0.25, 0.3) is 5.22 Å². The highest BCUT2D eigenvalue weighted by atomic mass is 35.5. The zero-order valence-corrected chi connectivity index (χ0v) is 13.8. The Morgan fingerprint density at radius 1 is 1.10 bits per heavy atom. The first-order valence-corrected chi connectivity index (χ1v) is 8.87. The number of thioether (sulfide) groups is 1. The Hall–Kier alpha value is -0.710. The Bertz CT molecular complexity index is 591. The number of rotatable bonds is 4. The summed E-state index contributed by atoms with van der Waals surface area (Å²) in [5.74, 6) is 1.84. The topological polar surface area (TPSA) is 38.9 Å². The summed E-state index contributed by atoms with van der Waals surface area (Å²) in [6.07, 6.45) is 6.14. The van der Waals surface area contributed by atoms with E-state index in [0.717, 1.165) is 24.3 Å². The molecule has 0 unspecified atom stereocenters. The van der Waals surface area contributed by atoms with Crippen LogP contribution in [0, 0.1) is 0 Å². The van der Waals surface area contributed by atoms with E-state index >= 15 is 0 Å². The Morgan fingerprint density at radius 3 is 2.52 bits per heavy atom. The van der Waals surface area contributed by atoms with E-state index in [-0.39, 0.29) is 0 Å². The summed E-state index contributed by atoms with van der Waals surface area (Å²) in [5.41, 5.74) is 0.906. The third kappa shape index (κ3) is 3.74. The second-order valence-electron chi connectivity index (χ2n) is 5.23. The summed E-state index contributed by atoms with van der Waals surface area (Å²) >= 11 is 13.8. The minimum Gasteiger partial charge on any atom is -0.416 e. The molecule has 1 aliphatic rings. The van der Waals surface area contributed by atoms with Gasteiger partial charge in [-0.2, -0.15) is 0 Å². The fraction of sp³-hybridized carbons (Fsp3) is 0.467. The molecule has 1 fully saturated rings. The molecule has 0 bridgehead atoms. The molecule has 1 aromatic carbocycles. The van der Waals surface area contributed by atoms with Crippen molar-refractivity contribution in [2.45, 2.75) is 49.0 Å². The maximum absolute atomic E-state index is 6.16. The largest absolute Gasteiger partial charge is 0.416 e. The standard InChI is InChI=1S/C15H16Cl2N2OS/c16-12-7-4-8-13(17)11(12)9-21-15-19-18-14(20-15)10-5-2-1-3-6-10/h4,7-8,10H,1-3,5-6,9H2. The molecule has 0 amide bonds. The fourth-order valence-corrected chi connectivity index (χ4v) is 4.11. The first-order chi connectivity index (χ1) is 10.2. The molecule has 0 saturated heterocycles. The number of hydrogen-bond acceptors (Lipinski definition) is 4. The molecule has 2 aromatic rings. The van der Waals surface area contributed by atoms with Gasteiger partial charge in [0.1, 0.15) is 0 Å². The molecule has 3 rings (SSSR count). The molecule has 1 heterocycles. The van der Waals surface area contributed by atoms with Crippen LogP contribution < -0.4 is 0 Å². The maximum atomic E-state index is 6.16. The number of benzene rings is 1. The molecule has 112 valence electrons. The van der Waals surface area contributed by atoms with E-state index in [2.05, 4.69) is 10.2 Å². The van der Waals surface area contributed by atoms with Crippen LogP contribution in [-0.4, -0.2) is 10.2 Å². The molecule has 1 aromatic heterocycles. The first kappa shape index (κ1) is 15.2. The van der Waals surface area contributed by atoms with Gasteiger partial charge in [-0.3, -0.25) is 0 Å². The van der Waals surface area contributed by atoms with Crippen LogP contribution >= 0.6 is 35.0 Å². The second kappa shape index (κ2) is 7.03. The molecule has 1 saturated carbocycles. The summed E-state index contributed by atoms with van der Waals surface area (Å²) < 4.78 is 5.78. The van der Waals surface area contributed by atoms with E-state index in [1.165, 1.54) is 31.0 Å². The van der Waals surface area contributed by atoms with Crippen LogP contribution in [0.4, 0.5) is 0 Å². The van der Waals surface area contributed by atoms with Crippen molar-refractivity contribution in [3.63, 3.8) is 0 Å². The molecule has 6 heteroatoms. The van der Waals surface area contributed by atoms with Gasteiger partial charge in [-0.1, -0.05) is 60.3 Å². The SMILES string of the molecule is Clc1cccc(Cl)c1CSc1nnc(C2CCCCC2)o1. The predicted octanol–water partition coefficient (Wildman–Crippen LogP) is 5.72. The van der Waals surface area contributed by atoms with Crippen molar-refractivity contribution in [2.24, 2.45) is 0 Å². The van der Waals surface area contributed by atoms with Crippen LogP contribution in [0.15, 0.2) is 27.8 Å². The van der Waals surface area contributed by atoms with Crippen LogP contribution in [0.3, 0.4) is 0 Å². The Balaban J connectivity index is 1.64. The van der Waals surface area contributed by atoms with Gasteiger partial charge in [0.15, 0.2) is 0 Å². The molecule has 0 atom stereocenters. The third-order valence-electron chi connectivity index (χ3n) is 3.78. The maximum Gasteiger partial charge on any atom is 0.276 e. The highest BCUT2D eigenvalue weighted by Crippen LogP contribution is 2.35. The zero-order chi connectivity index (χ0) is 14.7. The van der Waals surface area contributed by atoms with Crippen molar-refractivity contribution >= 4 is 35.0 Å². The Kier molecular flexibility index (Phi) is 5.09. The number of aromatic nitrogens is 2. The molecule has 0 radical (unpaired) electrons. The van der Waals surface area contributed by atoms with Crippen LogP contribution in [-0.2, 0) is 5.75 Å². The second-order valence-corrected chi connectivity index (χ2v) is 6.97. The van der Waals surface area contributed by atoms with Gasteiger partial charge in [-0.15, -0.1) is 10.2 Å². The summed E-state index contributed by atoms with van der Waals surface area (Å²) in [6.45, 7) is 0. The summed E-state index contributed by atoms with van der Waals surface area (Å²) in [6, 6.07) is 5.52. The highest BCUT2D eigenvalue weighted by molar-refractivity contribution is 7.98. The lowest BCUT2D eigenvalue weighted by Gasteiger charge is -2.17. The summed E-state index contributed by atoms with van der Waals surface area (Å²) in [5, 5.41) is 10.2. The van der Waals surface area contributed by atoms with Gasteiger partial charge in [-0.25, -0.2) is 0 Å².